The van der Waals surface area contributed by atoms with E-state index in [1.807, 2.05) is 5.06 Å². The van der Waals surface area contributed by atoms with Gasteiger partial charge in [-0.1, -0.05) is 0 Å². The van der Waals surface area contributed by atoms with Crippen molar-refractivity contribution in [2.45, 2.75) is 44.8 Å². The molecule has 2 aliphatic rings. The maximum Gasteiger partial charge on any atom is 0.0838 e. The van der Waals surface area contributed by atoms with Crippen molar-refractivity contribution in [2.75, 3.05) is 33.4 Å². The van der Waals surface area contributed by atoms with E-state index >= 15 is 0 Å². The van der Waals surface area contributed by atoms with Gasteiger partial charge in [-0.05, 0) is 27.7 Å². The van der Waals surface area contributed by atoms with E-state index in [9.17, 15) is 5.26 Å². The molecule has 0 aromatic rings. The fourth-order valence-electron chi connectivity index (χ4n) is 4.00. The van der Waals surface area contributed by atoms with E-state index in [0.29, 0.717) is 0 Å². The first-order chi connectivity index (χ1) is 8.87. The van der Waals surface area contributed by atoms with Crippen molar-refractivity contribution < 1.29 is 9.57 Å². The molecule has 0 saturated carbocycles. The van der Waals surface area contributed by atoms with Gasteiger partial charge in [0.1, 0.15) is 0 Å². The molecule has 5 heteroatoms. The summed E-state index contributed by atoms with van der Waals surface area (Å²) in [6.45, 7) is 11.8. The van der Waals surface area contributed by atoms with E-state index in [2.05, 4.69) is 38.7 Å². The molecule has 2 saturated heterocycles. The lowest BCUT2D eigenvalue weighted by molar-refractivity contribution is -0.226. The molecule has 2 aliphatic heterocycles. The number of ether oxygens (including phenoxy) is 1. The van der Waals surface area contributed by atoms with E-state index in [0.717, 1.165) is 26.3 Å². The van der Waals surface area contributed by atoms with Crippen molar-refractivity contribution in [1.82, 2.24) is 9.96 Å². The third kappa shape index (κ3) is 2.17. The van der Waals surface area contributed by atoms with Crippen LogP contribution in [0.3, 0.4) is 0 Å². The van der Waals surface area contributed by atoms with E-state index in [1.54, 1.807) is 7.11 Å². The van der Waals surface area contributed by atoms with Gasteiger partial charge < -0.3 is 9.57 Å². The third-order valence-electron chi connectivity index (χ3n) is 4.61. The summed E-state index contributed by atoms with van der Waals surface area (Å²) in [6, 6.07) is 2.68. The van der Waals surface area contributed by atoms with E-state index in [1.165, 1.54) is 0 Å². The van der Waals surface area contributed by atoms with Crippen LogP contribution in [0.4, 0.5) is 0 Å². The van der Waals surface area contributed by atoms with Gasteiger partial charge in [-0.15, -0.1) is 0 Å². The van der Waals surface area contributed by atoms with Gasteiger partial charge in [0, 0.05) is 19.1 Å². The first kappa shape index (κ1) is 14.7. The molecular weight excluding hydrogens is 242 g/mol. The average Bonchev–Trinajstić information content (AvgIpc) is 2.51. The molecule has 0 N–H and O–H groups in total. The summed E-state index contributed by atoms with van der Waals surface area (Å²) in [7, 11) is 1.69. The van der Waals surface area contributed by atoms with E-state index < -0.39 is 0 Å². The van der Waals surface area contributed by atoms with Crippen molar-refractivity contribution in [3.05, 3.63) is 0 Å². The van der Waals surface area contributed by atoms with Crippen molar-refractivity contribution in [3.8, 4) is 6.07 Å². The molecule has 2 unspecified atom stereocenters. The topological polar surface area (TPSA) is 48.7 Å². The third-order valence-corrected chi connectivity index (χ3v) is 4.61. The zero-order chi connectivity index (χ0) is 14.3. The molecular formula is C14H25N3O2. The maximum atomic E-state index is 9.66. The number of nitrogens with zero attached hydrogens (tertiary/aromatic N) is 3. The van der Waals surface area contributed by atoms with Crippen LogP contribution in [0.5, 0.6) is 0 Å². The predicted molar refractivity (Wildman–Crippen MR) is 72.3 cm³/mol. The molecule has 0 aliphatic carbocycles. The van der Waals surface area contributed by atoms with Crippen LogP contribution in [-0.2, 0) is 9.57 Å². The Morgan fingerprint density at radius 3 is 2.21 bits per heavy atom. The minimum Gasteiger partial charge on any atom is -0.379 e. The first-order valence-electron chi connectivity index (χ1n) is 6.93. The van der Waals surface area contributed by atoms with Crippen LogP contribution in [0.15, 0.2) is 0 Å². The Kier molecular flexibility index (Phi) is 3.90. The second-order valence-corrected chi connectivity index (χ2v) is 6.48. The number of nitriles is 1. The Balaban J connectivity index is 2.37. The van der Waals surface area contributed by atoms with E-state index in [4.69, 9.17) is 9.57 Å². The van der Waals surface area contributed by atoms with Crippen LogP contribution in [0.1, 0.15) is 27.7 Å². The smallest absolute Gasteiger partial charge is 0.0838 e. The summed E-state index contributed by atoms with van der Waals surface area (Å²) in [5.41, 5.74) is -0.494. The van der Waals surface area contributed by atoms with Crippen molar-refractivity contribution in [1.29, 1.82) is 5.26 Å². The zero-order valence-electron chi connectivity index (χ0n) is 12.6. The van der Waals surface area contributed by atoms with Crippen LogP contribution in [0.25, 0.3) is 0 Å². The zero-order valence-corrected chi connectivity index (χ0v) is 12.6. The number of hydrogen-bond acceptors (Lipinski definition) is 5. The molecule has 2 rings (SSSR count). The SMILES string of the molecule is CON1C(C)(C)C(C#N)C(N2CCOCC2)C1(C)C. The van der Waals surface area contributed by atoms with Crippen molar-refractivity contribution >= 4 is 0 Å². The number of hydrogen-bond donors (Lipinski definition) is 0. The van der Waals surface area contributed by atoms with Gasteiger partial charge in [-0.3, -0.25) is 4.90 Å². The van der Waals surface area contributed by atoms with Crippen LogP contribution in [-0.4, -0.2) is 60.5 Å². The molecule has 19 heavy (non-hydrogen) atoms. The lowest BCUT2D eigenvalue weighted by Crippen LogP contribution is -2.56. The second kappa shape index (κ2) is 5.02. The lowest BCUT2D eigenvalue weighted by Gasteiger charge is -2.42. The highest BCUT2D eigenvalue weighted by Gasteiger charge is 2.61. The molecule has 0 radical (unpaired) electrons. The van der Waals surface area contributed by atoms with Gasteiger partial charge in [0.05, 0.1) is 43.4 Å². The minimum absolute atomic E-state index is 0.0828. The summed E-state index contributed by atoms with van der Waals surface area (Å²) in [6.07, 6.45) is 0. The molecule has 0 aromatic heterocycles. The van der Waals surface area contributed by atoms with Gasteiger partial charge in [0.15, 0.2) is 0 Å². The standard InChI is InChI=1S/C14H25N3O2/c1-13(2)11(10-15)12(14(3,4)17(13)18-5)16-6-8-19-9-7-16/h11-12H,6-9H2,1-5H3. The highest BCUT2D eigenvalue weighted by atomic mass is 16.7. The Labute approximate surface area is 116 Å². The predicted octanol–water partition coefficient (Wildman–Crippen LogP) is 1.26. The molecule has 0 aromatic carbocycles. The van der Waals surface area contributed by atoms with Gasteiger partial charge >= 0.3 is 0 Å². The lowest BCUT2D eigenvalue weighted by atomic mass is 9.82. The number of rotatable bonds is 2. The molecule has 0 spiro atoms. The monoisotopic (exact) mass is 267 g/mol. The molecule has 108 valence electrons. The molecule has 0 bridgehead atoms. The fraction of sp³-hybridized carbons (Fsp3) is 0.929. The van der Waals surface area contributed by atoms with Crippen molar-refractivity contribution in [3.63, 3.8) is 0 Å². The van der Waals surface area contributed by atoms with Gasteiger partial charge in [-0.2, -0.15) is 10.3 Å². The maximum absolute atomic E-state index is 9.66. The highest BCUT2D eigenvalue weighted by Crippen LogP contribution is 2.47. The second-order valence-electron chi connectivity index (χ2n) is 6.48. The highest BCUT2D eigenvalue weighted by molar-refractivity contribution is 5.19. The van der Waals surface area contributed by atoms with Crippen LogP contribution in [0.2, 0.25) is 0 Å². The molecule has 2 heterocycles. The Hall–Kier alpha value is -0.670. The van der Waals surface area contributed by atoms with Crippen LogP contribution >= 0.6 is 0 Å². The number of morpholine rings is 1. The van der Waals surface area contributed by atoms with Crippen LogP contribution < -0.4 is 0 Å². The molecule has 0 amide bonds. The molecule has 5 nitrogen and oxygen atoms in total. The summed E-state index contributed by atoms with van der Waals surface area (Å²) in [5, 5.41) is 11.7. The summed E-state index contributed by atoms with van der Waals surface area (Å²) < 4.78 is 5.43. The fourth-order valence-corrected chi connectivity index (χ4v) is 4.00. The first-order valence-corrected chi connectivity index (χ1v) is 6.93. The molecule has 2 fully saturated rings. The van der Waals surface area contributed by atoms with E-state index in [-0.39, 0.29) is 23.0 Å². The summed E-state index contributed by atoms with van der Waals surface area (Å²) in [5.74, 6) is -0.0828. The Bertz CT molecular complexity index is 369. The largest absolute Gasteiger partial charge is 0.379 e. The normalized spacial score (nSPS) is 35.2. The van der Waals surface area contributed by atoms with Gasteiger partial charge in [0.25, 0.3) is 0 Å². The quantitative estimate of drug-likeness (QED) is 0.754. The molecule has 2 atom stereocenters. The summed E-state index contributed by atoms with van der Waals surface area (Å²) >= 11 is 0. The number of hydroxylamine groups is 2. The Morgan fingerprint density at radius 1 is 1.16 bits per heavy atom. The van der Waals surface area contributed by atoms with Crippen LogP contribution in [0, 0.1) is 17.2 Å². The Morgan fingerprint density at radius 2 is 1.74 bits per heavy atom. The summed E-state index contributed by atoms with van der Waals surface area (Å²) in [4.78, 5) is 8.01. The van der Waals surface area contributed by atoms with Gasteiger partial charge in [0.2, 0.25) is 0 Å². The van der Waals surface area contributed by atoms with Gasteiger partial charge in [-0.25, -0.2) is 0 Å². The minimum atomic E-state index is -0.296. The average molecular weight is 267 g/mol. The van der Waals surface area contributed by atoms with Crippen molar-refractivity contribution in [2.24, 2.45) is 5.92 Å².